The molecule has 0 radical (unpaired) electrons. The monoisotopic (exact) mass is 421 g/mol. The molecule has 160 valence electrons. The van der Waals surface area contributed by atoms with Crippen molar-refractivity contribution in [1.29, 1.82) is 0 Å². The smallest absolute Gasteiger partial charge is 0.230 e. The normalized spacial score (nSPS) is 26.7. The Morgan fingerprint density at radius 3 is 2.44 bits per heavy atom. The van der Waals surface area contributed by atoms with Gasteiger partial charge in [-0.2, -0.15) is 4.98 Å². The van der Waals surface area contributed by atoms with Gasteiger partial charge in [-0.1, -0.05) is 62.7 Å². The second kappa shape index (κ2) is 6.58. The van der Waals surface area contributed by atoms with Crippen LogP contribution in [0.25, 0.3) is 28.4 Å². The molecule has 2 aromatic heterocycles. The predicted molar refractivity (Wildman–Crippen MR) is 130 cm³/mol. The first-order valence-electron chi connectivity index (χ1n) is 11.4. The molecule has 2 saturated carbocycles. The number of aromatic nitrogens is 4. The summed E-state index contributed by atoms with van der Waals surface area (Å²) in [6.45, 7) is 9.28. The molecule has 2 aromatic carbocycles. The van der Waals surface area contributed by atoms with Crippen LogP contribution in [0.5, 0.6) is 0 Å². The van der Waals surface area contributed by atoms with Crippen molar-refractivity contribution in [3.8, 4) is 0 Å². The average molecular weight is 422 g/mol. The van der Waals surface area contributed by atoms with Crippen molar-refractivity contribution in [2.24, 2.45) is 21.7 Å². The van der Waals surface area contributed by atoms with E-state index in [2.05, 4.69) is 68.0 Å². The molecule has 0 aliphatic heterocycles. The van der Waals surface area contributed by atoms with E-state index in [-0.39, 0.29) is 10.8 Å². The van der Waals surface area contributed by atoms with Crippen LogP contribution in [0.4, 0.5) is 5.95 Å². The number of rotatable bonds is 2. The maximum atomic E-state index is 5.13. The zero-order chi connectivity index (χ0) is 22.1. The summed E-state index contributed by atoms with van der Waals surface area (Å²) in [5, 5.41) is 0. The maximum Gasteiger partial charge on any atom is 0.230 e. The van der Waals surface area contributed by atoms with E-state index in [0.29, 0.717) is 23.2 Å². The van der Waals surface area contributed by atoms with Crippen molar-refractivity contribution in [3.63, 3.8) is 0 Å². The molecule has 32 heavy (non-hydrogen) atoms. The summed E-state index contributed by atoms with van der Waals surface area (Å²) in [5.41, 5.74) is 8.16. The van der Waals surface area contributed by atoms with E-state index in [1.165, 1.54) is 23.1 Å². The van der Waals surface area contributed by atoms with Crippen molar-refractivity contribution >= 4 is 40.1 Å². The molecule has 2 fully saturated rings. The van der Waals surface area contributed by atoms with Gasteiger partial charge in [0.2, 0.25) is 5.95 Å². The fourth-order valence-corrected chi connectivity index (χ4v) is 5.70. The molecule has 1 N–H and O–H groups in total. The van der Waals surface area contributed by atoms with Crippen LogP contribution in [0, 0.1) is 23.7 Å². The highest BCUT2D eigenvalue weighted by atomic mass is 15.1. The molecule has 6 rings (SSSR count). The number of aliphatic imine (C=N–C) groups is 1. The summed E-state index contributed by atoms with van der Waals surface area (Å²) in [7, 11) is 0. The highest BCUT2D eigenvalue weighted by Gasteiger charge is 2.62. The highest BCUT2D eigenvalue weighted by Crippen LogP contribution is 2.66. The lowest BCUT2D eigenvalue weighted by atomic mass is 9.70. The first-order valence-corrected chi connectivity index (χ1v) is 11.4. The lowest BCUT2D eigenvalue weighted by Crippen LogP contribution is -2.32. The van der Waals surface area contributed by atoms with Crippen LogP contribution < -0.4 is 0 Å². The minimum absolute atomic E-state index is 0.0126. The molecule has 2 atom stereocenters. The topological polar surface area (TPSA) is 66.8 Å². The summed E-state index contributed by atoms with van der Waals surface area (Å²) in [5.74, 6) is 1.08. The van der Waals surface area contributed by atoms with E-state index in [0.717, 1.165) is 23.2 Å². The Balaban J connectivity index is 1.51. The Hall–Kier alpha value is -3.34. The van der Waals surface area contributed by atoms with Crippen LogP contribution in [0.1, 0.15) is 44.7 Å². The number of nitrogens with zero attached hydrogens (tertiary/aromatic N) is 4. The predicted octanol–water partition coefficient (Wildman–Crippen LogP) is 6.43. The van der Waals surface area contributed by atoms with Gasteiger partial charge in [-0.05, 0) is 60.4 Å². The molecule has 5 heteroatoms. The van der Waals surface area contributed by atoms with Gasteiger partial charge in [0.25, 0.3) is 0 Å². The minimum Gasteiger partial charge on any atom is -0.306 e. The van der Waals surface area contributed by atoms with Gasteiger partial charge in [0.15, 0.2) is 11.3 Å². The Bertz CT molecular complexity index is 1370. The van der Waals surface area contributed by atoms with E-state index < -0.39 is 0 Å². The van der Waals surface area contributed by atoms with Crippen LogP contribution in [0.3, 0.4) is 0 Å². The summed E-state index contributed by atoms with van der Waals surface area (Å²) in [6, 6.07) is 16.6. The first-order chi connectivity index (χ1) is 15.3. The number of allylic oxidation sites excluding steroid dienone is 1. The van der Waals surface area contributed by atoms with Gasteiger partial charge in [-0.25, -0.2) is 15.0 Å². The van der Waals surface area contributed by atoms with Crippen LogP contribution in [0.2, 0.25) is 0 Å². The molecule has 2 aliphatic carbocycles. The summed E-state index contributed by atoms with van der Waals surface area (Å²) in [4.78, 5) is 22.5. The molecule has 4 aromatic rings. The van der Waals surface area contributed by atoms with E-state index in [1.54, 1.807) is 0 Å². The van der Waals surface area contributed by atoms with Gasteiger partial charge in [0.05, 0.1) is 16.7 Å². The van der Waals surface area contributed by atoms with Gasteiger partial charge in [0.1, 0.15) is 0 Å². The van der Waals surface area contributed by atoms with Crippen molar-refractivity contribution in [2.45, 2.75) is 40.5 Å². The Labute approximate surface area is 187 Å². The molecule has 2 aliphatic rings. The number of nitrogens with one attached hydrogen (secondary N) is 1. The Morgan fingerprint density at radius 1 is 0.969 bits per heavy atom. The maximum absolute atomic E-state index is 5.13. The Kier molecular flexibility index (Phi) is 3.98. The molecular formula is C27H27N5. The number of benzene rings is 2. The lowest BCUT2D eigenvalue weighted by molar-refractivity contribution is 0.203. The number of para-hydroxylation sites is 2. The van der Waals surface area contributed by atoms with E-state index >= 15 is 0 Å². The number of hydrogen-bond donors (Lipinski definition) is 1. The van der Waals surface area contributed by atoms with Gasteiger partial charge in [-0.3, -0.25) is 0 Å². The van der Waals surface area contributed by atoms with Gasteiger partial charge in [0, 0.05) is 5.41 Å². The van der Waals surface area contributed by atoms with Crippen LogP contribution in [-0.2, 0) is 0 Å². The quantitative estimate of drug-likeness (QED) is 0.406. The van der Waals surface area contributed by atoms with Crippen molar-refractivity contribution in [3.05, 3.63) is 65.2 Å². The van der Waals surface area contributed by atoms with E-state index in [1.807, 2.05) is 24.3 Å². The fraction of sp³-hybridized carbons (Fsp3) is 0.333. The lowest BCUT2D eigenvalue weighted by Gasteiger charge is -2.33. The largest absolute Gasteiger partial charge is 0.306 e. The third kappa shape index (κ3) is 2.70. The minimum atomic E-state index is 0.0126. The first kappa shape index (κ1) is 19.4. The standard InChI is InChI=1S/C27H27N5/c1-16-9-11-17(12-10-16)15-18-19-13-14-27(4,26(19,2)3)22(18)30-25-31-23-24(32-25)29-21-8-6-5-7-20(21)28-23/h5-12,15,19H,13-14H2,1-4H3,(H,28,29,31,32)/b18-15+,30-22?. The van der Waals surface area contributed by atoms with Crippen LogP contribution in [0.15, 0.2) is 59.1 Å². The second-order valence-electron chi connectivity index (χ2n) is 10.1. The second-order valence-corrected chi connectivity index (χ2v) is 10.1. The van der Waals surface area contributed by atoms with Gasteiger partial charge < -0.3 is 4.98 Å². The van der Waals surface area contributed by atoms with Crippen LogP contribution in [-0.4, -0.2) is 25.6 Å². The van der Waals surface area contributed by atoms with Gasteiger partial charge >= 0.3 is 0 Å². The summed E-state index contributed by atoms with van der Waals surface area (Å²) >= 11 is 0. The van der Waals surface area contributed by atoms with Crippen molar-refractivity contribution < 1.29 is 0 Å². The molecule has 2 heterocycles. The third-order valence-electron chi connectivity index (χ3n) is 8.01. The van der Waals surface area contributed by atoms with Gasteiger partial charge in [-0.15, -0.1) is 0 Å². The van der Waals surface area contributed by atoms with Crippen molar-refractivity contribution in [1.82, 2.24) is 19.9 Å². The molecule has 0 spiro atoms. The zero-order valence-electron chi connectivity index (χ0n) is 19.0. The SMILES string of the molecule is Cc1ccc(/C=C2/C(=Nc3nc4nc5ccccc5nc4[nH]3)C3(C)CCC2C3(C)C)cc1. The third-order valence-corrected chi connectivity index (χ3v) is 8.01. The molecule has 0 amide bonds. The zero-order valence-corrected chi connectivity index (χ0v) is 19.0. The average Bonchev–Trinajstić information content (AvgIpc) is 3.31. The number of aryl methyl sites for hydroxylation is 1. The number of hydrogen-bond acceptors (Lipinski definition) is 4. The number of imidazole rings is 1. The van der Waals surface area contributed by atoms with Crippen LogP contribution >= 0.6 is 0 Å². The fourth-order valence-electron chi connectivity index (χ4n) is 5.70. The summed E-state index contributed by atoms with van der Waals surface area (Å²) < 4.78 is 0. The number of H-pyrrole nitrogens is 1. The Morgan fingerprint density at radius 2 is 1.69 bits per heavy atom. The summed E-state index contributed by atoms with van der Waals surface area (Å²) in [6.07, 6.45) is 4.69. The highest BCUT2D eigenvalue weighted by molar-refractivity contribution is 6.12. The number of aromatic amines is 1. The van der Waals surface area contributed by atoms with Crippen molar-refractivity contribution in [2.75, 3.05) is 0 Å². The molecule has 2 unspecified atom stereocenters. The molecule has 2 bridgehead atoms. The molecule has 5 nitrogen and oxygen atoms in total. The molecule has 0 saturated heterocycles. The van der Waals surface area contributed by atoms with E-state index in [9.17, 15) is 0 Å². The van der Waals surface area contributed by atoms with E-state index in [4.69, 9.17) is 15.0 Å². The molecular weight excluding hydrogens is 394 g/mol. The number of fused-ring (bicyclic) bond motifs is 4.